The Morgan fingerprint density at radius 2 is 0.900 bits per heavy atom. The van der Waals surface area contributed by atoms with Gasteiger partial charge in [0.05, 0.1) is 11.8 Å². The van der Waals surface area contributed by atoms with E-state index in [1.54, 1.807) is 0 Å². The number of carbonyl (C=O) groups is 2. The van der Waals surface area contributed by atoms with Gasteiger partial charge in [-0.1, -0.05) is 68.1 Å². The minimum absolute atomic E-state index is 0. The molecule has 0 atom stereocenters. The van der Waals surface area contributed by atoms with Crippen LogP contribution in [0.3, 0.4) is 0 Å². The number of ketones is 2. The van der Waals surface area contributed by atoms with E-state index in [0.717, 1.165) is 11.1 Å². The van der Waals surface area contributed by atoms with E-state index in [1.165, 1.54) is 25.7 Å². The van der Waals surface area contributed by atoms with Crippen molar-refractivity contribution in [1.82, 2.24) is 0 Å². The average Bonchev–Trinajstić information content (AvgIpc) is 2.71. The zero-order chi connectivity index (χ0) is 19.6. The third kappa shape index (κ3) is 7.91. The van der Waals surface area contributed by atoms with Gasteiger partial charge in [-0.05, 0) is 62.5 Å². The fourth-order valence-corrected chi connectivity index (χ4v) is 2.92. The van der Waals surface area contributed by atoms with Crippen molar-refractivity contribution in [2.24, 2.45) is 0 Å². The Morgan fingerprint density at radius 3 is 1.27 bits per heavy atom. The van der Waals surface area contributed by atoms with E-state index in [0.29, 0.717) is 11.8 Å². The van der Waals surface area contributed by atoms with Crippen LogP contribution in [0.15, 0.2) is 60.7 Å². The molecule has 2 aromatic rings. The quantitative estimate of drug-likeness (QED) is 0.534. The second-order valence-electron chi connectivity index (χ2n) is 6.40. The van der Waals surface area contributed by atoms with E-state index in [1.807, 2.05) is 60.7 Å². The second-order valence-corrected chi connectivity index (χ2v) is 6.40. The Hall–Kier alpha value is -1.60. The number of Topliss-reactive ketones (excluding diaryl/α,β-unsaturated/α-hetero) is 2. The van der Waals surface area contributed by atoms with Crippen molar-refractivity contribution in [1.29, 1.82) is 0 Å². The van der Waals surface area contributed by atoms with Crippen molar-refractivity contribution in [3.8, 4) is 0 Å². The third-order valence-electron chi connectivity index (χ3n) is 4.36. The summed E-state index contributed by atoms with van der Waals surface area (Å²) in [4.78, 5) is 24.5. The molecule has 0 bridgehead atoms. The van der Waals surface area contributed by atoms with Crippen LogP contribution >= 0.6 is 0 Å². The fraction of sp³-hybridized carbons (Fsp3) is 0.111. The van der Waals surface area contributed by atoms with Crippen molar-refractivity contribution in [2.45, 2.75) is 20.3 Å². The van der Waals surface area contributed by atoms with Gasteiger partial charge in [-0.25, -0.2) is 0 Å². The van der Waals surface area contributed by atoms with Crippen LogP contribution in [0.25, 0.3) is 0 Å². The number of benzene rings is 2. The Morgan fingerprint density at radius 1 is 0.533 bits per heavy atom. The second kappa shape index (κ2) is 14.4. The van der Waals surface area contributed by atoms with E-state index in [-0.39, 0.29) is 38.5 Å². The van der Waals surface area contributed by atoms with Crippen molar-refractivity contribution < 1.29 is 29.1 Å². The van der Waals surface area contributed by atoms with Crippen molar-refractivity contribution in [3.05, 3.63) is 135 Å². The molecule has 0 amide bonds. The van der Waals surface area contributed by atoms with Crippen LogP contribution in [0.5, 0.6) is 0 Å². The average molecular weight is 484 g/mol. The smallest absolute Gasteiger partial charge is 0.150 e. The molecule has 0 heterocycles. The molecule has 0 N–H and O–H groups in total. The van der Waals surface area contributed by atoms with Crippen LogP contribution in [-0.2, 0) is 29.1 Å². The Kier molecular flexibility index (Phi) is 12.7. The number of hydrogen-bond acceptors (Lipinski definition) is 2. The van der Waals surface area contributed by atoms with Crippen molar-refractivity contribution >= 4 is 11.6 Å². The normalized spacial score (nSPS) is 18.0. The number of carbonyl (C=O) groups excluding carboxylic acids is 2. The molecule has 3 heteroatoms. The molecule has 4 rings (SSSR count). The van der Waals surface area contributed by atoms with Gasteiger partial charge >= 0.3 is 0 Å². The minimum Gasteiger partial charge on any atom is -0.298 e. The molecule has 2 aliphatic carbocycles. The van der Waals surface area contributed by atoms with Crippen LogP contribution in [0.4, 0.5) is 0 Å². The third-order valence-corrected chi connectivity index (χ3v) is 4.36. The standard InChI is InChI=1S/C18H12O2.C8H10.CH4.Ru/c19-17-12-16(14-9-5-2-6-10-14)18(20)11-15(17)13-7-3-1-4-8-13;1-2-4-6-8-7-5-3-1;;/h1-12H;1-6H,7-8H2;1H4;. The monoisotopic (exact) mass is 484 g/mol. The van der Waals surface area contributed by atoms with E-state index < -0.39 is 0 Å². The topological polar surface area (TPSA) is 34.1 Å². The summed E-state index contributed by atoms with van der Waals surface area (Å²) >= 11 is 0. The van der Waals surface area contributed by atoms with Crippen LogP contribution in [0.1, 0.15) is 31.4 Å². The van der Waals surface area contributed by atoms with E-state index in [9.17, 15) is 9.59 Å². The van der Waals surface area contributed by atoms with E-state index in [2.05, 4.69) is 38.5 Å². The fourth-order valence-electron chi connectivity index (χ4n) is 2.92. The Balaban J connectivity index is 0.000000385. The molecular formula is C27H26O2Ru. The van der Waals surface area contributed by atoms with Gasteiger partial charge in [-0.2, -0.15) is 0 Å². The molecule has 2 aliphatic rings. The van der Waals surface area contributed by atoms with Gasteiger partial charge in [0.2, 0.25) is 0 Å². The molecule has 154 valence electrons. The molecule has 10 radical (unpaired) electrons. The van der Waals surface area contributed by atoms with Gasteiger partial charge in [-0.3, -0.25) is 9.59 Å². The maximum atomic E-state index is 12.2. The first-order chi connectivity index (χ1) is 13.8. The van der Waals surface area contributed by atoms with Crippen molar-refractivity contribution in [2.75, 3.05) is 0 Å². The predicted molar refractivity (Wildman–Crippen MR) is 118 cm³/mol. The predicted octanol–water partition coefficient (Wildman–Crippen LogP) is 5.43. The van der Waals surface area contributed by atoms with Crippen LogP contribution in [-0.4, -0.2) is 11.6 Å². The van der Waals surface area contributed by atoms with Gasteiger partial charge in [0.1, 0.15) is 0 Å². The van der Waals surface area contributed by atoms with Gasteiger partial charge in [0.15, 0.2) is 11.6 Å². The molecule has 0 aliphatic heterocycles. The zero-order valence-corrected chi connectivity index (χ0v) is 17.7. The van der Waals surface area contributed by atoms with Crippen LogP contribution < -0.4 is 0 Å². The Labute approximate surface area is 195 Å². The maximum Gasteiger partial charge on any atom is 0.150 e. The Bertz CT molecular complexity index is 660. The van der Waals surface area contributed by atoms with Gasteiger partial charge in [0, 0.05) is 32.3 Å². The van der Waals surface area contributed by atoms with Crippen LogP contribution in [0.2, 0.25) is 0 Å². The summed E-state index contributed by atoms with van der Waals surface area (Å²) in [5, 5.41) is 0. The van der Waals surface area contributed by atoms with Gasteiger partial charge < -0.3 is 0 Å². The molecule has 30 heavy (non-hydrogen) atoms. The molecule has 0 saturated heterocycles. The van der Waals surface area contributed by atoms with Crippen molar-refractivity contribution in [3.63, 3.8) is 0 Å². The first-order valence-corrected chi connectivity index (χ1v) is 9.37. The van der Waals surface area contributed by atoms with Crippen LogP contribution in [0, 0.1) is 63.2 Å². The van der Waals surface area contributed by atoms with E-state index in [4.69, 9.17) is 0 Å². The molecular weight excluding hydrogens is 457 g/mol. The maximum absolute atomic E-state index is 12.2. The summed E-state index contributed by atoms with van der Waals surface area (Å²) in [6.07, 6.45) is 17.9. The summed E-state index contributed by atoms with van der Waals surface area (Å²) in [7, 11) is 0. The molecule has 2 aromatic carbocycles. The van der Waals surface area contributed by atoms with Gasteiger partial charge in [0.25, 0.3) is 0 Å². The van der Waals surface area contributed by atoms with E-state index >= 15 is 0 Å². The molecule has 0 aromatic heterocycles. The number of rotatable bonds is 2. The SMILES string of the molecule is C.O=C1[CH][C](c2ccccc2)C(=O)[CH][C]1c1ccccc1.[CH]1[CH][CH][CH]CC[CH][CH]1.[Ru]. The summed E-state index contributed by atoms with van der Waals surface area (Å²) in [5.74, 6) is 0.648. The van der Waals surface area contributed by atoms with Gasteiger partial charge in [-0.15, -0.1) is 0 Å². The number of hydrogen-bond donors (Lipinski definition) is 0. The summed E-state index contributed by atoms with van der Waals surface area (Å²) in [6.45, 7) is 0. The first kappa shape index (κ1) is 26.4. The molecule has 2 nitrogen and oxygen atoms in total. The first-order valence-electron chi connectivity index (χ1n) is 9.37. The molecule has 2 saturated carbocycles. The molecule has 0 spiro atoms. The molecule has 2 fully saturated rings. The summed E-state index contributed by atoms with van der Waals surface area (Å²) < 4.78 is 0. The minimum atomic E-state index is -0.130. The zero-order valence-electron chi connectivity index (χ0n) is 16.0. The molecule has 0 unspecified atom stereocenters. The summed E-state index contributed by atoms with van der Waals surface area (Å²) in [6, 6.07) is 18.5. The summed E-state index contributed by atoms with van der Waals surface area (Å²) in [5.41, 5.74) is 1.54. The largest absolute Gasteiger partial charge is 0.298 e.